The molecule has 7 heteroatoms. The lowest BCUT2D eigenvalue weighted by Gasteiger charge is -2.00. The van der Waals surface area contributed by atoms with Gasteiger partial charge in [0.1, 0.15) is 5.82 Å². The van der Waals surface area contributed by atoms with Crippen LogP contribution < -0.4 is 5.32 Å². The summed E-state index contributed by atoms with van der Waals surface area (Å²) in [7, 11) is 0. The number of hydrogen-bond acceptors (Lipinski definition) is 4. The first-order valence-corrected chi connectivity index (χ1v) is 6.30. The van der Waals surface area contributed by atoms with Crippen molar-refractivity contribution in [1.29, 1.82) is 5.26 Å². The summed E-state index contributed by atoms with van der Waals surface area (Å²) in [5, 5.41) is 18.5. The van der Waals surface area contributed by atoms with Crippen molar-refractivity contribution in [3.63, 3.8) is 0 Å². The fourth-order valence-corrected chi connectivity index (χ4v) is 1.94. The third kappa shape index (κ3) is 2.28. The Bertz CT molecular complexity index is 655. The molecule has 2 rings (SSSR count). The van der Waals surface area contributed by atoms with Crippen LogP contribution in [0, 0.1) is 24.2 Å². The Kier molecular flexibility index (Phi) is 3.48. The number of nitriles is 1. The number of fused-ring (bicyclic) bond motifs is 1. The van der Waals surface area contributed by atoms with Gasteiger partial charge in [0, 0.05) is 11.8 Å². The molecule has 0 atom stereocenters. The van der Waals surface area contributed by atoms with Crippen molar-refractivity contribution in [3.8, 4) is 6.19 Å². The van der Waals surface area contributed by atoms with Crippen molar-refractivity contribution in [2.24, 2.45) is 4.99 Å². The quantitative estimate of drug-likeness (QED) is 0.358. The van der Waals surface area contributed by atoms with E-state index in [-0.39, 0.29) is 5.82 Å². The van der Waals surface area contributed by atoms with E-state index in [0.29, 0.717) is 27.5 Å². The summed E-state index contributed by atoms with van der Waals surface area (Å²) in [6.07, 6.45) is 3.55. The highest BCUT2D eigenvalue weighted by Gasteiger charge is 2.09. The maximum atomic E-state index is 13.9. The van der Waals surface area contributed by atoms with E-state index in [1.807, 2.05) is 0 Å². The minimum atomic E-state index is -0.380. The molecule has 2 aromatic rings. The van der Waals surface area contributed by atoms with E-state index in [2.05, 4.69) is 20.5 Å². The lowest BCUT2D eigenvalue weighted by atomic mass is 10.2. The third-order valence-corrected chi connectivity index (χ3v) is 2.94. The predicted molar refractivity (Wildman–Crippen MR) is 70.1 cm³/mol. The normalized spacial score (nSPS) is 11.6. The molecule has 0 bridgehead atoms. The van der Waals surface area contributed by atoms with Crippen LogP contribution in [-0.2, 0) is 0 Å². The highest BCUT2D eigenvalue weighted by molar-refractivity contribution is 8.13. The molecule has 2 N–H and O–H groups in total. The maximum absolute atomic E-state index is 13.9. The smallest absolute Gasteiger partial charge is 0.183 e. The van der Waals surface area contributed by atoms with Crippen molar-refractivity contribution >= 4 is 33.5 Å². The molecule has 5 nitrogen and oxygen atoms in total. The van der Waals surface area contributed by atoms with Crippen molar-refractivity contribution in [2.45, 2.75) is 6.92 Å². The first kappa shape index (κ1) is 12.4. The average molecular weight is 263 g/mol. The Morgan fingerprint density at radius 1 is 1.61 bits per heavy atom. The van der Waals surface area contributed by atoms with Gasteiger partial charge in [-0.3, -0.25) is 10.4 Å². The van der Waals surface area contributed by atoms with E-state index in [1.165, 1.54) is 17.8 Å². The molecule has 0 fully saturated rings. The van der Waals surface area contributed by atoms with E-state index in [9.17, 15) is 4.39 Å². The lowest BCUT2D eigenvalue weighted by Crippen LogP contribution is -2.12. The molecule has 1 aromatic carbocycles. The molecule has 18 heavy (non-hydrogen) atoms. The van der Waals surface area contributed by atoms with E-state index in [0.717, 1.165) is 0 Å². The van der Waals surface area contributed by atoms with Crippen LogP contribution in [0.2, 0.25) is 0 Å². The summed E-state index contributed by atoms with van der Waals surface area (Å²) in [5.41, 5.74) is 1.61. The molecule has 0 aliphatic carbocycles. The number of halogens is 1. The number of nitrogens with zero attached hydrogens (tertiary/aromatic N) is 3. The van der Waals surface area contributed by atoms with E-state index in [4.69, 9.17) is 5.26 Å². The highest BCUT2D eigenvalue weighted by Crippen LogP contribution is 2.25. The predicted octanol–water partition coefficient (Wildman–Crippen LogP) is 2.43. The molecule has 0 radical (unpaired) electrons. The molecule has 1 heterocycles. The van der Waals surface area contributed by atoms with E-state index >= 15 is 0 Å². The second-order valence-electron chi connectivity index (χ2n) is 3.53. The molecule has 1 aromatic heterocycles. The minimum absolute atomic E-state index is 0.380. The topological polar surface area (TPSA) is 76.9 Å². The second-order valence-corrected chi connectivity index (χ2v) is 4.32. The van der Waals surface area contributed by atoms with Crippen molar-refractivity contribution in [2.75, 3.05) is 6.26 Å². The zero-order valence-electron chi connectivity index (χ0n) is 9.78. The van der Waals surface area contributed by atoms with Gasteiger partial charge in [-0.05, 0) is 19.2 Å². The van der Waals surface area contributed by atoms with Gasteiger partial charge in [-0.1, -0.05) is 11.8 Å². The fraction of sp³-hybridized carbons (Fsp3) is 0.182. The SMILES string of the molecule is CSC(=Nc1cc(F)c2c(C)[nH]nc2c1)NC#N. The van der Waals surface area contributed by atoms with Crippen LogP contribution in [0.5, 0.6) is 0 Å². The monoisotopic (exact) mass is 263 g/mol. The highest BCUT2D eigenvalue weighted by atomic mass is 32.2. The van der Waals surface area contributed by atoms with Crippen molar-refractivity contribution in [1.82, 2.24) is 15.5 Å². The van der Waals surface area contributed by atoms with Gasteiger partial charge < -0.3 is 0 Å². The number of rotatable bonds is 1. The molecule has 0 unspecified atom stereocenters. The van der Waals surface area contributed by atoms with Crippen LogP contribution in [0.3, 0.4) is 0 Å². The molecule has 0 amide bonds. The van der Waals surface area contributed by atoms with Gasteiger partial charge in [0.25, 0.3) is 0 Å². The number of hydrogen-bond donors (Lipinski definition) is 2. The number of aryl methyl sites for hydroxylation is 1. The maximum Gasteiger partial charge on any atom is 0.183 e. The van der Waals surface area contributed by atoms with Crippen LogP contribution in [-0.4, -0.2) is 21.6 Å². The molecule has 0 saturated heterocycles. The van der Waals surface area contributed by atoms with Crippen molar-refractivity contribution < 1.29 is 4.39 Å². The molecule has 0 aliphatic heterocycles. The summed E-state index contributed by atoms with van der Waals surface area (Å²) < 4.78 is 13.9. The molecule has 0 spiro atoms. The number of thioether (sulfide) groups is 1. The van der Waals surface area contributed by atoms with Crippen LogP contribution in [0.1, 0.15) is 5.69 Å². The number of benzene rings is 1. The Morgan fingerprint density at radius 3 is 3.06 bits per heavy atom. The number of H-pyrrole nitrogens is 1. The summed E-state index contributed by atoms with van der Waals surface area (Å²) in [5.74, 6) is -0.380. The fourth-order valence-electron chi connectivity index (χ4n) is 1.59. The lowest BCUT2D eigenvalue weighted by molar-refractivity contribution is 0.639. The first-order valence-electron chi connectivity index (χ1n) is 5.07. The van der Waals surface area contributed by atoms with Gasteiger partial charge in [0.2, 0.25) is 0 Å². The Hall–Kier alpha value is -2.07. The molecule has 92 valence electrons. The first-order chi connectivity index (χ1) is 8.65. The van der Waals surface area contributed by atoms with Gasteiger partial charge in [-0.2, -0.15) is 10.4 Å². The summed E-state index contributed by atoms with van der Waals surface area (Å²) in [6, 6.07) is 2.98. The Labute approximate surface area is 107 Å². The standard InChI is InChI=1S/C11H10FN5S/c1-6-10-8(12)3-7(4-9(10)17-16-6)15-11(18-2)14-5-13/h3-4H,1-2H3,(H,14,15)(H,16,17). The minimum Gasteiger partial charge on any atom is -0.282 e. The summed E-state index contributed by atoms with van der Waals surface area (Å²) in [6.45, 7) is 1.76. The van der Waals surface area contributed by atoms with Gasteiger partial charge >= 0.3 is 0 Å². The number of amidine groups is 1. The number of aromatic nitrogens is 2. The molecule has 0 aliphatic rings. The zero-order valence-corrected chi connectivity index (χ0v) is 10.6. The molecular formula is C11H10FN5S. The zero-order chi connectivity index (χ0) is 13.1. The number of aliphatic imine (C=N–C) groups is 1. The van der Waals surface area contributed by atoms with E-state index < -0.39 is 0 Å². The van der Waals surface area contributed by atoms with Gasteiger partial charge in [-0.25, -0.2) is 9.38 Å². The van der Waals surface area contributed by atoms with Crippen LogP contribution >= 0.6 is 11.8 Å². The van der Waals surface area contributed by atoms with E-state index in [1.54, 1.807) is 25.4 Å². The second kappa shape index (κ2) is 5.06. The van der Waals surface area contributed by atoms with Crippen molar-refractivity contribution in [3.05, 3.63) is 23.6 Å². The Morgan fingerprint density at radius 2 is 2.39 bits per heavy atom. The average Bonchev–Trinajstić information content (AvgIpc) is 2.71. The molecular weight excluding hydrogens is 253 g/mol. The van der Waals surface area contributed by atoms with Crippen LogP contribution in [0.4, 0.5) is 10.1 Å². The summed E-state index contributed by atoms with van der Waals surface area (Å²) in [4.78, 5) is 4.14. The number of aromatic amines is 1. The molecule has 0 saturated carbocycles. The number of nitrogens with one attached hydrogen (secondary N) is 2. The van der Waals surface area contributed by atoms with Crippen LogP contribution in [0.25, 0.3) is 10.9 Å². The Balaban J connectivity index is 2.50. The van der Waals surface area contributed by atoms with Crippen LogP contribution in [0.15, 0.2) is 17.1 Å². The largest absolute Gasteiger partial charge is 0.282 e. The summed E-state index contributed by atoms with van der Waals surface area (Å²) >= 11 is 1.27. The van der Waals surface area contributed by atoms with Gasteiger partial charge in [0.15, 0.2) is 11.4 Å². The van der Waals surface area contributed by atoms with Gasteiger partial charge in [-0.15, -0.1) is 0 Å². The van der Waals surface area contributed by atoms with Gasteiger partial charge in [0.05, 0.1) is 16.6 Å². The third-order valence-electron chi connectivity index (χ3n) is 2.36.